The van der Waals surface area contributed by atoms with Crippen molar-refractivity contribution in [2.75, 3.05) is 19.3 Å². The van der Waals surface area contributed by atoms with Gasteiger partial charge in [-0.15, -0.1) is 0 Å². The van der Waals surface area contributed by atoms with Crippen LogP contribution >= 0.6 is 23.2 Å². The minimum absolute atomic E-state index is 0.188. The van der Waals surface area contributed by atoms with Crippen LogP contribution in [0.1, 0.15) is 41.0 Å². The smallest absolute Gasteiger partial charge is 0.264 e. The van der Waals surface area contributed by atoms with Crippen molar-refractivity contribution in [2.24, 2.45) is 0 Å². The van der Waals surface area contributed by atoms with Crippen LogP contribution in [0.2, 0.25) is 10.0 Å². The molecule has 4 nitrogen and oxygen atoms in total. The Morgan fingerprint density at radius 3 is 2.70 bits per heavy atom. The second-order valence-corrected chi connectivity index (χ2v) is 9.61. The van der Waals surface area contributed by atoms with Crippen molar-refractivity contribution in [1.82, 2.24) is 4.90 Å². The van der Waals surface area contributed by atoms with Crippen LogP contribution in [0.25, 0.3) is 0 Å². The lowest BCUT2D eigenvalue weighted by Gasteiger charge is -2.33. The first kappa shape index (κ1) is 20.6. The molecule has 1 aliphatic heterocycles. The third kappa shape index (κ3) is 5.46. The van der Waals surface area contributed by atoms with Crippen LogP contribution in [0.5, 0.6) is 0 Å². The number of fused-ring (bicyclic) bond motifs is 1. The van der Waals surface area contributed by atoms with E-state index in [1.807, 2.05) is 12.1 Å². The number of nitrogens with zero attached hydrogens (tertiary/aromatic N) is 1. The van der Waals surface area contributed by atoms with Gasteiger partial charge in [0.25, 0.3) is 10.1 Å². The van der Waals surface area contributed by atoms with E-state index in [0.29, 0.717) is 22.9 Å². The van der Waals surface area contributed by atoms with Crippen LogP contribution in [-0.4, -0.2) is 37.2 Å². The molecular weight excluding hydrogens is 405 g/mol. The van der Waals surface area contributed by atoms with Gasteiger partial charge >= 0.3 is 0 Å². The molecule has 0 amide bonds. The number of unbranched alkanes of at least 4 members (excludes halogenated alkanes) is 1. The first-order valence-corrected chi connectivity index (χ1v) is 11.3. The van der Waals surface area contributed by atoms with Crippen LogP contribution in [0, 0.1) is 0 Å². The van der Waals surface area contributed by atoms with E-state index in [1.165, 1.54) is 11.1 Å². The molecule has 0 fully saturated rings. The van der Waals surface area contributed by atoms with Crippen LogP contribution in [0.3, 0.4) is 0 Å². The molecule has 0 spiro atoms. The summed E-state index contributed by atoms with van der Waals surface area (Å²) in [5, 5.41) is 1.35. The molecule has 2 aromatic rings. The molecule has 1 N–H and O–H groups in total. The van der Waals surface area contributed by atoms with E-state index in [0.717, 1.165) is 30.6 Å². The number of aryl methyl sites for hydroxylation is 1. The van der Waals surface area contributed by atoms with Gasteiger partial charge in [0.05, 0.1) is 5.75 Å². The molecule has 3 rings (SSSR count). The molecule has 0 bridgehead atoms. The van der Waals surface area contributed by atoms with E-state index in [1.54, 1.807) is 6.07 Å². The molecule has 7 heteroatoms. The Hall–Kier alpha value is -1.11. The van der Waals surface area contributed by atoms with Crippen molar-refractivity contribution in [1.29, 1.82) is 0 Å². The Bertz CT molecular complexity index is 931. The van der Waals surface area contributed by atoms with Gasteiger partial charge in [0.1, 0.15) is 0 Å². The molecular formula is C20H23Cl2NO3S. The Kier molecular flexibility index (Phi) is 6.49. The Morgan fingerprint density at radius 1 is 1.19 bits per heavy atom. The van der Waals surface area contributed by atoms with Gasteiger partial charge in [-0.1, -0.05) is 47.5 Å². The van der Waals surface area contributed by atoms with Crippen molar-refractivity contribution in [2.45, 2.75) is 31.7 Å². The maximum Gasteiger partial charge on any atom is 0.264 e. The van der Waals surface area contributed by atoms with E-state index in [-0.39, 0.29) is 11.7 Å². The van der Waals surface area contributed by atoms with Crippen LogP contribution in [-0.2, 0) is 23.1 Å². The average molecular weight is 428 g/mol. The molecule has 1 aliphatic rings. The van der Waals surface area contributed by atoms with E-state index in [9.17, 15) is 8.42 Å². The molecule has 0 aromatic heterocycles. The number of benzene rings is 2. The predicted molar refractivity (Wildman–Crippen MR) is 110 cm³/mol. The van der Waals surface area contributed by atoms with Crippen molar-refractivity contribution >= 4 is 33.3 Å². The minimum atomic E-state index is -3.88. The van der Waals surface area contributed by atoms with Gasteiger partial charge in [0.2, 0.25) is 0 Å². The zero-order chi connectivity index (χ0) is 19.6. The minimum Gasteiger partial charge on any atom is -0.301 e. The molecule has 0 saturated carbocycles. The summed E-state index contributed by atoms with van der Waals surface area (Å²) in [6.07, 6.45) is 1.93. The molecule has 0 saturated heterocycles. The SMILES string of the molecule is CN1Cc2c(Cl)cc(Cl)cc2C(c2cccc(CCCCS(=O)(=O)O)c2)C1. The molecule has 0 aliphatic carbocycles. The summed E-state index contributed by atoms with van der Waals surface area (Å²) in [4.78, 5) is 2.26. The van der Waals surface area contributed by atoms with Crippen molar-refractivity contribution in [3.05, 3.63) is 68.7 Å². The predicted octanol–water partition coefficient (Wildman–Crippen LogP) is 4.78. The van der Waals surface area contributed by atoms with Crippen LogP contribution < -0.4 is 0 Å². The molecule has 1 unspecified atom stereocenters. The van der Waals surface area contributed by atoms with Gasteiger partial charge in [-0.2, -0.15) is 8.42 Å². The highest BCUT2D eigenvalue weighted by Crippen LogP contribution is 2.38. The van der Waals surface area contributed by atoms with Gasteiger partial charge in [0.15, 0.2) is 0 Å². The molecule has 1 heterocycles. The highest BCUT2D eigenvalue weighted by Gasteiger charge is 2.27. The zero-order valence-electron chi connectivity index (χ0n) is 15.2. The summed E-state index contributed by atoms with van der Waals surface area (Å²) in [5.74, 6) is -0.00229. The summed E-state index contributed by atoms with van der Waals surface area (Å²) in [7, 11) is -1.80. The van der Waals surface area contributed by atoms with E-state index in [2.05, 4.69) is 30.1 Å². The number of rotatable bonds is 6. The van der Waals surface area contributed by atoms with Gasteiger partial charge in [-0.05, 0) is 60.7 Å². The van der Waals surface area contributed by atoms with Crippen molar-refractivity contribution in [3.63, 3.8) is 0 Å². The summed E-state index contributed by atoms with van der Waals surface area (Å²) < 4.78 is 30.5. The third-order valence-corrected chi connectivity index (χ3v) is 6.32. The maximum atomic E-state index is 10.8. The average Bonchev–Trinajstić information content (AvgIpc) is 2.58. The molecule has 2 aromatic carbocycles. The van der Waals surface area contributed by atoms with Gasteiger partial charge < -0.3 is 4.90 Å². The maximum absolute atomic E-state index is 10.8. The number of hydrogen-bond acceptors (Lipinski definition) is 3. The summed E-state index contributed by atoms with van der Waals surface area (Å²) >= 11 is 12.7. The van der Waals surface area contributed by atoms with E-state index in [4.69, 9.17) is 27.8 Å². The molecule has 146 valence electrons. The zero-order valence-corrected chi connectivity index (χ0v) is 17.5. The van der Waals surface area contributed by atoms with Gasteiger partial charge in [-0.3, -0.25) is 4.55 Å². The largest absolute Gasteiger partial charge is 0.301 e. The summed E-state index contributed by atoms with van der Waals surface area (Å²) in [6, 6.07) is 12.2. The second-order valence-electron chi connectivity index (χ2n) is 7.19. The fourth-order valence-electron chi connectivity index (χ4n) is 3.71. The lowest BCUT2D eigenvalue weighted by molar-refractivity contribution is 0.295. The quantitative estimate of drug-likeness (QED) is 0.532. The first-order valence-electron chi connectivity index (χ1n) is 8.93. The van der Waals surface area contributed by atoms with Crippen molar-refractivity contribution < 1.29 is 13.0 Å². The van der Waals surface area contributed by atoms with Gasteiger partial charge in [-0.25, -0.2) is 0 Å². The third-order valence-electron chi connectivity index (χ3n) is 4.96. The summed E-state index contributed by atoms with van der Waals surface area (Å²) in [6.45, 7) is 1.69. The number of halogens is 2. The highest BCUT2D eigenvalue weighted by atomic mass is 35.5. The Balaban J connectivity index is 1.81. The second kappa shape index (κ2) is 8.50. The Labute approximate surface area is 170 Å². The molecule has 27 heavy (non-hydrogen) atoms. The highest BCUT2D eigenvalue weighted by molar-refractivity contribution is 7.85. The van der Waals surface area contributed by atoms with Crippen LogP contribution in [0.4, 0.5) is 0 Å². The van der Waals surface area contributed by atoms with Crippen LogP contribution in [0.15, 0.2) is 36.4 Å². The summed E-state index contributed by atoms with van der Waals surface area (Å²) in [5.41, 5.74) is 4.66. The normalized spacial score (nSPS) is 17.7. The fourth-order valence-corrected chi connectivity index (χ4v) is 4.85. The van der Waals surface area contributed by atoms with E-state index >= 15 is 0 Å². The lowest BCUT2D eigenvalue weighted by atomic mass is 9.84. The number of hydrogen-bond donors (Lipinski definition) is 1. The Morgan fingerprint density at radius 2 is 1.96 bits per heavy atom. The molecule has 0 radical (unpaired) electrons. The monoisotopic (exact) mass is 427 g/mol. The standard InChI is InChI=1S/C20H23Cl2NO3S/c1-23-12-18(17-10-16(21)11-20(22)19(17)13-23)15-7-4-6-14(9-15)5-2-3-8-27(24,25)26/h4,6-7,9-11,18H,2-3,5,8,12-13H2,1H3,(H,24,25,26). The topological polar surface area (TPSA) is 57.6 Å². The van der Waals surface area contributed by atoms with Crippen molar-refractivity contribution in [3.8, 4) is 0 Å². The molecule has 1 atom stereocenters. The fraction of sp³-hybridized carbons (Fsp3) is 0.400. The van der Waals surface area contributed by atoms with E-state index < -0.39 is 10.1 Å². The van der Waals surface area contributed by atoms with Gasteiger partial charge in [0, 0.05) is 29.1 Å². The number of likely N-dealkylation sites (N-methyl/N-ethyl adjacent to an activating group) is 1. The first-order chi connectivity index (χ1) is 12.7. The lowest BCUT2D eigenvalue weighted by Crippen LogP contribution is -2.31.